The van der Waals surface area contributed by atoms with Gasteiger partial charge in [-0.25, -0.2) is 0 Å². The maximum Gasteiger partial charge on any atom is 0.138 e. The quantitative estimate of drug-likeness (QED) is 0.121. The summed E-state index contributed by atoms with van der Waals surface area (Å²) in [6.45, 7) is 6.74. The normalized spacial score (nSPS) is 11.3. The molecule has 1 aromatic carbocycles. The Balaban J connectivity index is 2.12. The van der Waals surface area contributed by atoms with Gasteiger partial charge in [0.25, 0.3) is 0 Å². The van der Waals surface area contributed by atoms with Crippen LogP contribution < -0.4 is 4.90 Å². The summed E-state index contributed by atoms with van der Waals surface area (Å²) in [4.78, 5) is 2.45. The van der Waals surface area contributed by atoms with Gasteiger partial charge in [0.05, 0.1) is 5.69 Å². The molecule has 0 radical (unpaired) electrons. The molecule has 0 atom stereocenters. The Kier molecular flexibility index (Phi) is 23.2. The summed E-state index contributed by atoms with van der Waals surface area (Å²) < 4.78 is 0. The molecule has 0 amide bonds. The zero-order valence-electron chi connectivity index (χ0n) is 24.6. The number of aromatic hydroxyl groups is 1. The molecule has 210 valence electrons. The standard InChI is InChI=1S/C34H63NO/c1-3-5-7-9-11-13-15-17-19-21-23-27-31-35(33-29-25-26-30-34(33)36)32-28-24-22-20-18-16-14-12-10-8-6-4-2/h25-26,29-30,36H,3-24,27-28,31-32H2,1-2H3. The lowest BCUT2D eigenvalue weighted by Gasteiger charge is -2.25. The molecule has 2 nitrogen and oxygen atoms in total. The molecular weight excluding hydrogens is 438 g/mol. The van der Waals surface area contributed by atoms with Crippen LogP contribution in [0.15, 0.2) is 24.3 Å². The number of anilines is 1. The number of nitrogens with zero attached hydrogens (tertiary/aromatic N) is 1. The van der Waals surface area contributed by atoms with E-state index < -0.39 is 0 Å². The third-order valence-corrected chi connectivity index (χ3v) is 7.79. The molecule has 1 rings (SSSR count). The highest BCUT2D eigenvalue weighted by Crippen LogP contribution is 2.27. The number of phenols is 1. The van der Waals surface area contributed by atoms with E-state index in [-0.39, 0.29) is 0 Å². The average Bonchev–Trinajstić information content (AvgIpc) is 2.89. The Labute approximate surface area is 226 Å². The van der Waals surface area contributed by atoms with Gasteiger partial charge < -0.3 is 10.0 Å². The van der Waals surface area contributed by atoms with Crippen molar-refractivity contribution in [3.8, 4) is 5.75 Å². The van der Waals surface area contributed by atoms with Gasteiger partial charge >= 0.3 is 0 Å². The molecule has 0 bridgehead atoms. The lowest BCUT2D eigenvalue weighted by molar-refractivity contribution is 0.471. The van der Waals surface area contributed by atoms with Crippen molar-refractivity contribution in [3.05, 3.63) is 24.3 Å². The van der Waals surface area contributed by atoms with Crippen LogP contribution in [0.5, 0.6) is 5.75 Å². The van der Waals surface area contributed by atoms with E-state index in [9.17, 15) is 5.11 Å². The van der Waals surface area contributed by atoms with Gasteiger partial charge in [-0.05, 0) is 25.0 Å². The Morgan fingerprint density at radius 1 is 0.444 bits per heavy atom. The van der Waals surface area contributed by atoms with Crippen LogP contribution in [0.25, 0.3) is 0 Å². The fourth-order valence-electron chi connectivity index (χ4n) is 5.37. The van der Waals surface area contributed by atoms with Gasteiger partial charge in [-0.15, -0.1) is 0 Å². The first kappa shape index (κ1) is 32.8. The fourth-order valence-corrected chi connectivity index (χ4v) is 5.37. The molecule has 0 unspecified atom stereocenters. The molecule has 2 heteroatoms. The largest absolute Gasteiger partial charge is 0.506 e. The van der Waals surface area contributed by atoms with E-state index in [1.54, 1.807) is 0 Å². The summed E-state index contributed by atoms with van der Waals surface area (Å²) >= 11 is 0. The van der Waals surface area contributed by atoms with Gasteiger partial charge in [0.1, 0.15) is 5.75 Å². The Morgan fingerprint density at radius 3 is 1.08 bits per heavy atom. The molecule has 1 aromatic rings. The monoisotopic (exact) mass is 501 g/mol. The first-order valence-corrected chi connectivity index (χ1v) is 16.3. The molecule has 0 fully saturated rings. The van der Waals surface area contributed by atoms with Crippen molar-refractivity contribution in [1.82, 2.24) is 0 Å². The van der Waals surface area contributed by atoms with Crippen LogP contribution in [-0.4, -0.2) is 18.2 Å². The van der Waals surface area contributed by atoms with Crippen LogP contribution in [-0.2, 0) is 0 Å². The molecule has 1 N–H and O–H groups in total. The predicted molar refractivity (Wildman–Crippen MR) is 162 cm³/mol. The van der Waals surface area contributed by atoms with Crippen molar-refractivity contribution >= 4 is 5.69 Å². The van der Waals surface area contributed by atoms with Crippen LogP contribution in [0.4, 0.5) is 5.69 Å². The van der Waals surface area contributed by atoms with Crippen LogP contribution in [0, 0.1) is 0 Å². The molecule has 0 aliphatic carbocycles. The summed E-state index contributed by atoms with van der Waals surface area (Å²) in [6, 6.07) is 7.93. The summed E-state index contributed by atoms with van der Waals surface area (Å²) in [7, 11) is 0. The van der Waals surface area contributed by atoms with Crippen molar-refractivity contribution in [1.29, 1.82) is 0 Å². The van der Waals surface area contributed by atoms with Gasteiger partial charge in [-0.3, -0.25) is 0 Å². The molecular formula is C34H63NO. The summed E-state index contributed by atoms with van der Waals surface area (Å²) in [6.07, 6.45) is 33.3. The van der Waals surface area contributed by atoms with E-state index in [0.717, 1.165) is 18.8 Å². The highest BCUT2D eigenvalue weighted by atomic mass is 16.3. The SMILES string of the molecule is CCCCCCCCCCCCCCN(CCCCCCCCCCCCCC)c1ccccc1O. The summed E-state index contributed by atoms with van der Waals surface area (Å²) in [5.41, 5.74) is 1.03. The van der Waals surface area contributed by atoms with Gasteiger partial charge in [-0.1, -0.05) is 167 Å². The molecule has 0 saturated carbocycles. The van der Waals surface area contributed by atoms with Gasteiger partial charge in [0.15, 0.2) is 0 Å². The highest BCUT2D eigenvalue weighted by Gasteiger charge is 2.10. The van der Waals surface area contributed by atoms with Crippen LogP contribution in [0.1, 0.15) is 168 Å². The number of hydrogen-bond donors (Lipinski definition) is 1. The number of hydrogen-bond acceptors (Lipinski definition) is 2. The first-order valence-electron chi connectivity index (χ1n) is 16.3. The van der Waals surface area contributed by atoms with Gasteiger partial charge in [0, 0.05) is 13.1 Å². The second-order valence-electron chi connectivity index (χ2n) is 11.3. The van der Waals surface area contributed by atoms with Crippen molar-refractivity contribution < 1.29 is 5.11 Å². The average molecular weight is 502 g/mol. The smallest absolute Gasteiger partial charge is 0.138 e. The minimum absolute atomic E-state index is 0.440. The first-order chi connectivity index (χ1) is 17.8. The molecule has 0 aliphatic rings. The molecule has 0 aromatic heterocycles. The number of rotatable bonds is 27. The number of unbranched alkanes of at least 4 members (excludes halogenated alkanes) is 22. The van der Waals surface area contributed by atoms with Crippen LogP contribution >= 0.6 is 0 Å². The van der Waals surface area contributed by atoms with E-state index in [1.165, 1.54) is 154 Å². The van der Waals surface area contributed by atoms with E-state index in [4.69, 9.17) is 0 Å². The number of para-hydroxylation sites is 2. The molecule has 0 saturated heterocycles. The fraction of sp³-hybridized carbons (Fsp3) is 0.824. The van der Waals surface area contributed by atoms with Crippen molar-refractivity contribution in [2.24, 2.45) is 0 Å². The summed E-state index contributed by atoms with van der Waals surface area (Å²) in [5.74, 6) is 0.440. The van der Waals surface area contributed by atoms with E-state index in [0.29, 0.717) is 5.75 Å². The van der Waals surface area contributed by atoms with E-state index in [2.05, 4.69) is 30.9 Å². The predicted octanol–water partition coefficient (Wildman–Crippen LogP) is 11.6. The van der Waals surface area contributed by atoms with E-state index >= 15 is 0 Å². The third kappa shape index (κ3) is 19.0. The number of benzene rings is 1. The Morgan fingerprint density at radius 2 is 0.750 bits per heavy atom. The second kappa shape index (κ2) is 25.5. The Hall–Kier alpha value is -1.18. The molecule has 36 heavy (non-hydrogen) atoms. The van der Waals surface area contributed by atoms with Crippen molar-refractivity contribution in [3.63, 3.8) is 0 Å². The van der Waals surface area contributed by atoms with Crippen LogP contribution in [0.2, 0.25) is 0 Å². The second-order valence-corrected chi connectivity index (χ2v) is 11.3. The van der Waals surface area contributed by atoms with E-state index in [1.807, 2.05) is 12.1 Å². The summed E-state index contributed by atoms with van der Waals surface area (Å²) in [5, 5.41) is 10.4. The van der Waals surface area contributed by atoms with Crippen molar-refractivity contribution in [2.75, 3.05) is 18.0 Å². The maximum absolute atomic E-state index is 10.4. The lowest BCUT2D eigenvalue weighted by Crippen LogP contribution is -2.25. The number of phenolic OH excluding ortho intramolecular Hbond substituents is 1. The minimum Gasteiger partial charge on any atom is -0.506 e. The zero-order valence-corrected chi connectivity index (χ0v) is 24.6. The van der Waals surface area contributed by atoms with Crippen molar-refractivity contribution in [2.45, 2.75) is 168 Å². The van der Waals surface area contributed by atoms with Crippen LogP contribution in [0.3, 0.4) is 0 Å². The highest BCUT2D eigenvalue weighted by molar-refractivity contribution is 5.57. The topological polar surface area (TPSA) is 23.5 Å². The maximum atomic E-state index is 10.4. The third-order valence-electron chi connectivity index (χ3n) is 7.79. The lowest BCUT2D eigenvalue weighted by atomic mass is 10.0. The minimum atomic E-state index is 0.440. The van der Waals surface area contributed by atoms with Gasteiger partial charge in [-0.2, -0.15) is 0 Å². The zero-order chi connectivity index (χ0) is 25.9. The van der Waals surface area contributed by atoms with Gasteiger partial charge in [0.2, 0.25) is 0 Å². The molecule has 0 aliphatic heterocycles. The molecule has 0 spiro atoms. The Bertz CT molecular complexity index is 544. The molecule has 0 heterocycles.